The van der Waals surface area contributed by atoms with Crippen LogP contribution < -0.4 is 0 Å². The number of imidazole rings is 2. The number of rotatable bonds is 10. The molecule has 0 atom stereocenters. The Morgan fingerprint density at radius 2 is 1.33 bits per heavy atom. The van der Waals surface area contributed by atoms with E-state index in [1.54, 1.807) is 24.3 Å². The Morgan fingerprint density at radius 1 is 0.733 bits per heavy atom. The average molecular weight is 419 g/mol. The molecule has 0 unspecified atom stereocenters. The number of benzene rings is 2. The topological polar surface area (TPSA) is 63.8 Å². The maximum absolute atomic E-state index is 4.37. The summed E-state index contributed by atoms with van der Waals surface area (Å²) in [4.78, 5) is 18.7. The first kappa shape index (κ1) is 20.4. The number of aromatic nitrogens is 4. The van der Waals surface area contributed by atoms with Crippen LogP contribution in [0.15, 0.2) is 84.3 Å². The van der Waals surface area contributed by atoms with E-state index < -0.39 is 0 Å². The molecule has 0 radical (unpaired) electrons. The van der Waals surface area contributed by atoms with Crippen molar-refractivity contribution in [3.63, 3.8) is 0 Å². The summed E-state index contributed by atoms with van der Waals surface area (Å²) in [6.45, 7) is 3.22. The molecule has 0 saturated heterocycles. The second-order valence-corrected chi connectivity index (χ2v) is 8.50. The highest BCUT2D eigenvalue weighted by Crippen LogP contribution is 2.24. The molecule has 0 amide bonds. The van der Waals surface area contributed by atoms with Gasteiger partial charge in [0.05, 0.1) is 13.1 Å². The van der Waals surface area contributed by atoms with E-state index in [9.17, 15) is 0 Å². The Kier molecular flexibility index (Phi) is 6.97. The first-order valence-electron chi connectivity index (χ1n) is 9.95. The molecule has 0 spiro atoms. The maximum atomic E-state index is 4.37. The first-order valence-corrected chi connectivity index (χ1v) is 10.7. The molecule has 0 fully saturated rings. The third-order valence-corrected chi connectivity index (χ3v) is 5.62. The van der Waals surface area contributed by atoms with E-state index in [-0.39, 0.29) is 0 Å². The van der Waals surface area contributed by atoms with Crippen LogP contribution in [0.1, 0.15) is 22.8 Å². The fraction of sp³-hybridized carbons (Fsp3) is 0.217. The third kappa shape index (κ3) is 6.06. The van der Waals surface area contributed by atoms with Crippen molar-refractivity contribution in [3.05, 3.63) is 102 Å². The van der Waals surface area contributed by atoms with E-state index in [2.05, 4.69) is 90.8 Å². The Labute approximate surface area is 181 Å². The van der Waals surface area contributed by atoms with Crippen molar-refractivity contribution in [2.45, 2.75) is 31.1 Å². The van der Waals surface area contributed by atoms with Gasteiger partial charge in [0.15, 0.2) is 0 Å². The Balaban J connectivity index is 1.36. The molecule has 0 bridgehead atoms. The van der Waals surface area contributed by atoms with Crippen LogP contribution in [0.5, 0.6) is 0 Å². The van der Waals surface area contributed by atoms with Crippen LogP contribution >= 0.6 is 11.9 Å². The van der Waals surface area contributed by atoms with Gasteiger partial charge in [-0.3, -0.25) is 4.90 Å². The van der Waals surface area contributed by atoms with Crippen molar-refractivity contribution in [1.82, 2.24) is 29.1 Å². The molecule has 2 heterocycles. The van der Waals surface area contributed by atoms with Crippen molar-refractivity contribution < 1.29 is 0 Å². The summed E-state index contributed by atoms with van der Waals surface area (Å²) in [5.41, 5.74) is 2.58. The molecule has 2 N–H and O–H groups in total. The van der Waals surface area contributed by atoms with E-state index in [1.807, 2.05) is 12.4 Å². The minimum Gasteiger partial charge on any atom is -0.348 e. The van der Waals surface area contributed by atoms with Gasteiger partial charge in [0.2, 0.25) is 0 Å². The Morgan fingerprint density at radius 3 is 1.90 bits per heavy atom. The average Bonchev–Trinajstić information content (AvgIpc) is 3.44. The first-order chi connectivity index (χ1) is 14.7. The number of nitrogens with zero attached hydrogens (tertiary/aromatic N) is 4. The zero-order valence-corrected chi connectivity index (χ0v) is 17.8. The van der Waals surface area contributed by atoms with Gasteiger partial charge in [0.25, 0.3) is 0 Å². The third-order valence-electron chi connectivity index (χ3n) is 4.70. The van der Waals surface area contributed by atoms with Gasteiger partial charge in [0, 0.05) is 42.8 Å². The van der Waals surface area contributed by atoms with Crippen molar-refractivity contribution in [2.75, 3.05) is 7.05 Å². The molecule has 6 nitrogen and oxygen atoms in total. The Bertz CT molecular complexity index is 948. The van der Waals surface area contributed by atoms with Gasteiger partial charge in [-0.05, 0) is 42.3 Å². The lowest BCUT2D eigenvalue weighted by Gasteiger charge is -2.21. The maximum Gasteiger partial charge on any atom is 0.120 e. The van der Waals surface area contributed by atoms with Crippen LogP contribution in [0, 0.1) is 0 Å². The molecule has 30 heavy (non-hydrogen) atoms. The molecule has 2 aromatic heterocycles. The quantitative estimate of drug-likeness (QED) is 0.372. The van der Waals surface area contributed by atoms with Gasteiger partial charge in [-0.25, -0.2) is 14.3 Å². The largest absolute Gasteiger partial charge is 0.348 e. The van der Waals surface area contributed by atoms with Crippen molar-refractivity contribution in [1.29, 1.82) is 0 Å². The Hall–Kier alpha value is -2.87. The number of H-pyrrole nitrogens is 2. The predicted molar refractivity (Wildman–Crippen MR) is 120 cm³/mol. The highest BCUT2D eigenvalue weighted by atomic mass is 32.2. The van der Waals surface area contributed by atoms with E-state index >= 15 is 0 Å². The summed E-state index contributed by atoms with van der Waals surface area (Å²) in [5, 5.41) is 0. The van der Waals surface area contributed by atoms with Crippen LogP contribution in [0.2, 0.25) is 0 Å². The van der Waals surface area contributed by atoms with Gasteiger partial charge in [-0.1, -0.05) is 42.5 Å². The summed E-state index contributed by atoms with van der Waals surface area (Å²) in [5.74, 6) is 1.91. The summed E-state index contributed by atoms with van der Waals surface area (Å²) >= 11 is 1.76. The summed E-state index contributed by atoms with van der Waals surface area (Å²) in [7, 11) is 2.13. The lowest BCUT2D eigenvalue weighted by Crippen LogP contribution is -2.23. The van der Waals surface area contributed by atoms with E-state index in [0.717, 1.165) is 37.8 Å². The number of nitrogens with one attached hydrogen (secondary N) is 2. The highest BCUT2D eigenvalue weighted by molar-refractivity contribution is 7.97. The molecule has 154 valence electrons. The lowest BCUT2D eigenvalue weighted by molar-refractivity contribution is 0.236. The molecule has 0 saturated carbocycles. The van der Waals surface area contributed by atoms with Crippen molar-refractivity contribution >= 4 is 11.9 Å². The normalized spacial score (nSPS) is 11.4. The SMILES string of the molecule is CN(Cc1ccccc1)Sc1ccc(CN(Cc2ncc[nH]2)Cc2ncc[nH]2)cc1. The van der Waals surface area contributed by atoms with Crippen LogP contribution in [0.3, 0.4) is 0 Å². The number of hydrogen-bond acceptors (Lipinski definition) is 5. The summed E-state index contributed by atoms with van der Waals surface area (Å²) < 4.78 is 2.25. The van der Waals surface area contributed by atoms with Gasteiger partial charge in [0.1, 0.15) is 11.6 Å². The zero-order chi connectivity index (χ0) is 20.6. The fourth-order valence-corrected chi connectivity index (χ4v) is 4.16. The molecular weight excluding hydrogens is 392 g/mol. The standard InChI is InChI=1S/C23H26N6S/c1-28(15-19-5-3-2-4-6-19)30-21-9-7-20(8-10-21)16-29(17-22-24-11-12-25-22)18-23-26-13-14-27-23/h2-14H,15-18H2,1H3,(H,24,25)(H,26,27). The van der Waals surface area contributed by atoms with Gasteiger partial charge < -0.3 is 9.97 Å². The zero-order valence-electron chi connectivity index (χ0n) is 17.0. The molecule has 0 aliphatic carbocycles. The fourth-order valence-electron chi connectivity index (χ4n) is 3.33. The van der Waals surface area contributed by atoms with E-state index in [0.29, 0.717) is 0 Å². The van der Waals surface area contributed by atoms with Gasteiger partial charge in [-0.2, -0.15) is 0 Å². The van der Waals surface area contributed by atoms with Crippen molar-refractivity contribution in [3.8, 4) is 0 Å². The van der Waals surface area contributed by atoms with Crippen molar-refractivity contribution in [2.24, 2.45) is 0 Å². The smallest absolute Gasteiger partial charge is 0.120 e. The number of aromatic amines is 2. The number of hydrogen-bond donors (Lipinski definition) is 2. The van der Waals surface area contributed by atoms with Crippen LogP contribution in [0.25, 0.3) is 0 Å². The molecule has 2 aromatic carbocycles. The second kappa shape index (κ2) is 10.2. The molecular formula is C23H26N6S. The molecule has 0 aliphatic heterocycles. The lowest BCUT2D eigenvalue weighted by atomic mass is 10.2. The van der Waals surface area contributed by atoms with Gasteiger partial charge >= 0.3 is 0 Å². The minimum absolute atomic E-state index is 0.740. The van der Waals surface area contributed by atoms with Gasteiger partial charge in [-0.15, -0.1) is 0 Å². The minimum atomic E-state index is 0.740. The van der Waals surface area contributed by atoms with Crippen LogP contribution in [-0.2, 0) is 26.2 Å². The predicted octanol–water partition coefficient (Wildman–Crippen LogP) is 4.47. The monoisotopic (exact) mass is 418 g/mol. The second-order valence-electron chi connectivity index (χ2n) is 7.22. The van der Waals surface area contributed by atoms with E-state index in [4.69, 9.17) is 0 Å². The molecule has 4 aromatic rings. The highest BCUT2D eigenvalue weighted by Gasteiger charge is 2.11. The van der Waals surface area contributed by atoms with Crippen LogP contribution in [0.4, 0.5) is 0 Å². The van der Waals surface area contributed by atoms with Crippen LogP contribution in [-0.4, -0.2) is 36.2 Å². The molecule has 7 heteroatoms. The molecule has 0 aliphatic rings. The molecule has 4 rings (SSSR count). The van der Waals surface area contributed by atoms with E-state index in [1.165, 1.54) is 16.0 Å². The summed E-state index contributed by atoms with van der Waals surface area (Å²) in [6.07, 6.45) is 7.30. The summed E-state index contributed by atoms with van der Waals surface area (Å²) in [6, 6.07) is 19.3.